The highest BCUT2D eigenvalue weighted by Crippen LogP contribution is 2.25. The first kappa shape index (κ1) is 23.5. The summed E-state index contributed by atoms with van der Waals surface area (Å²) in [5.41, 5.74) is 2.85. The van der Waals surface area contributed by atoms with Crippen molar-refractivity contribution in [3.63, 3.8) is 0 Å². The molecule has 0 aromatic heterocycles. The van der Waals surface area contributed by atoms with Gasteiger partial charge in [0.05, 0.1) is 26.4 Å². The maximum Gasteiger partial charge on any atom is 0.261 e. The van der Waals surface area contributed by atoms with Gasteiger partial charge < -0.3 is 5.32 Å². The molecule has 0 atom stereocenters. The van der Waals surface area contributed by atoms with Crippen LogP contribution in [0.3, 0.4) is 0 Å². The van der Waals surface area contributed by atoms with E-state index in [1.165, 1.54) is 23.9 Å². The van der Waals surface area contributed by atoms with Crippen molar-refractivity contribution in [3.8, 4) is 0 Å². The fraction of sp³-hybridized carbons (Fsp3) is 0.136. The average molecular weight is 495 g/mol. The monoisotopic (exact) mass is 494 g/mol. The number of para-hydroxylation sites is 1. The normalized spacial score (nSPS) is 11.2. The first-order valence-corrected chi connectivity index (χ1v) is 12.6. The summed E-state index contributed by atoms with van der Waals surface area (Å²) in [6, 6.07) is 18.6. The van der Waals surface area contributed by atoms with Crippen LogP contribution in [0, 0.1) is 6.92 Å². The van der Waals surface area contributed by atoms with E-state index in [-0.39, 0.29) is 16.6 Å². The predicted octanol–water partition coefficient (Wildman–Crippen LogP) is 5.97. The largest absolute Gasteiger partial charge is 0.325 e. The van der Waals surface area contributed by atoms with E-state index in [4.69, 9.17) is 23.2 Å². The van der Waals surface area contributed by atoms with Gasteiger partial charge in [-0.3, -0.25) is 9.52 Å². The third-order valence-electron chi connectivity index (χ3n) is 4.32. The lowest BCUT2D eigenvalue weighted by Gasteiger charge is -2.11. The van der Waals surface area contributed by atoms with Crippen LogP contribution < -0.4 is 10.0 Å². The topological polar surface area (TPSA) is 75.3 Å². The van der Waals surface area contributed by atoms with E-state index < -0.39 is 10.0 Å². The van der Waals surface area contributed by atoms with Gasteiger partial charge in [0.25, 0.3) is 10.0 Å². The van der Waals surface area contributed by atoms with E-state index in [2.05, 4.69) is 10.0 Å². The molecule has 2 N–H and O–H groups in total. The number of anilines is 2. The van der Waals surface area contributed by atoms with Gasteiger partial charge in [0.2, 0.25) is 5.91 Å². The number of carbonyl (C=O) groups excluding carboxylic acids is 1. The maximum atomic E-state index is 12.6. The number of aryl methyl sites for hydroxylation is 1. The molecule has 3 rings (SSSR count). The molecule has 3 aromatic carbocycles. The zero-order chi connectivity index (χ0) is 22.4. The van der Waals surface area contributed by atoms with E-state index in [9.17, 15) is 13.2 Å². The van der Waals surface area contributed by atoms with E-state index in [1.54, 1.807) is 36.4 Å². The van der Waals surface area contributed by atoms with E-state index in [1.807, 2.05) is 25.1 Å². The van der Waals surface area contributed by atoms with Crippen molar-refractivity contribution in [1.29, 1.82) is 0 Å². The van der Waals surface area contributed by atoms with Crippen LogP contribution in [0.1, 0.15) is 11.1 Å². The molecule has 3 aromatic rings. The second kappa shape index (κ2) is 10.4. The summed E-state index contributed by atoms with van der Waals surface area (Å²) in [6.45, 7) is 1.83. The van der Waals surface area contributed by atoms with E-state index >= 15 is 0 Å². The van der Waals surface area contributed by atoms with Crippen LogP contribution >= 0.6 is 35.0 Å². The van der Waals surface area contributed by atoms with Crippen molar-refractivity contribution in [2.75, 3.05) is 15.8 Å². The SMILES string of the molecule is Cc1ccccc1NS(=O)(=O)c1ccc(NC(=O)CSCc2ccc(Cl)c(Cl)c2)cc1. The molecule has 0 heterocycles. The van der Waals surface area contributed by atoms with Crippen LogP contribution in [0.4, 0.5) is 11.4 Å². The van der Waals surface area contributed by atoms with Crippen LogP contribution in [0.15, 0.2) is 71.6 Å². The Morgan fingerprint density at radius 2 is 1.68 bits per heavy atom. The smallest absolute Gasteiger partial charge is 0.261 e. The third-order valence-corrected chi connectivity index (χ3v) is 7.45. The van der Waals surface area contributed by atoms with Crippen molar-refractivity contribution in [2.24, 2.45) is 0 Å². The average Bonchev–Trinajstić information content (AvgIpc) is 2.73. The van der Waals surface area contributed by atoms with Crippen molar-refractivity contribution in [2.45, 2.75) is 17.6 Å². The zero-order valence-corrected chi connectivity index (χ0v) is 19.7. The van der Waals surface area contributed by atoms with Crippen LogP contribution in [0.5, 0.6) is 0 Å². The molecule has 0 saturated carbocycles. The maximum absolute atomic E-state index is 12.6. The van der Waals surface area contributed by atoms with Gasteiger partial charge in [0, 0.05) is 11.4 Å². The Morgan fingerprint density at radius 3 is 2.35 bits per heavy atom. The molecule has 1 amide bonds. The van der Waals surface area contributed by atoms with Crippen LogP contribution in [0.2, 0.25) is 10.0 Å². The molecule has 0 radical (unpaired) electrons. The highest BCUT2D eigenvalue weighted by atomic mass is 35.5. The Labute approximate surface area is 196 Å². The number of carbonyl (C=O) groups is 1. The second-order valence-corrected chi connectivity index (χ2v) is 10.2. The van der Waals surface area contributed by atoms with Gasteiger partial charge in [-0.1, -0.05) is 47.5 Å². The van der Waals surface area contributed by atoms with Gasteiger partial charge in [-0.2, -0.15) is 0 Å². The fourth-order valence-corrected chi connectivity index (χ4v) is 4.92. The highest BCUT2D eigenvalue weighted by molar-refractivity contribution is 7.99. The summed E-state index contributed by atoms with van der Waals surface area (Å²) in [7, 11) is -3.72. The molecule has 0 spiro atoms. The van der Waals surface area contributed by atoms with Crippen LogP contribution in [0.25, 0.3) is 0 Å². The van der Waals surface area contributed by atoms with Gasteiger partial charge in [0.15, 0.2) is 0 Å². The first-order chi connectivity index (χ1) is 14.7. The Hall–Kier alpha value is -2.19. The molecule has 0 aliphatic heterocycles. The molecule has 0 fully saturated rings. The lowest BCUT2D eigenvalue weighted by molar-refractivity contribution is -0.113. The molecular formula is C22H20Cl2N2O3S2. The molecular weight excluding hydrogens is 475 g/mol. The number of amides is 1. The molecule has 5 nitrogen and oxygen atoms in total. The summed E-state index contributed by atoms with van der Waals surface area (Å²) < 4.78 is 27.8. The van der Waals surface area contributed by atoms with Gasteiger partial charge in [-0.25, -0.2) is 8.42 Å². The van der Waals surface area contributed by atoms with E-state index in [0.29, 0.717) is 27.2 Å². The fourth-order valence-electron chi connectivity index (χ4n) is 2.70. The van der Waals surface area contributed by atoms with Crippen molar-refractivity contribution in [1.82, 2.24) is 0 Å². The van der Waals surface area contributed by atoms with Crippen molar-refractivity contribution >= 4 is 62.3 Å². The van der Waals surface area contributed by atoms with Crippen molar-refractivity contribution < 1.29 is 13.2 Å². The Morgan fingerprint density at radius 1 is 0.968 bits per heavy atom. The number of thioether (sulfide) groups is 1. The summed E-state index contributed by atoms with van der Waals surface area (Å²) in [5.74, 6) is 0.681. The van der Waals surface area contributed by atoms with E-state index in [0.717, 1.165) is 11.1 Å². The molecule has 31 heavy (non-hydrogen) atoms. The molecule has 0 aliphatic rings. The minimum Gasteiger partial charge on any atom is -0.325 e. The minimum atomic E-state index is -3.72. The highest BCUT2D eigenvalue weighted by Gasteiger charge is 2.15. The van der Waals surface area contributed by atoms with Gasteiger partial charge in [-0.15, -0.1) is 11.8 Å². The third kappa shape index (κ3) is 6.64. The van der Waals surface area contributed by atoms with Crippen molar-refractivity contribution in [3.05, 3.63) is 87.9 Å². The molecule has 162 valence electrons. The quantitative estimate of drug-likeness (QED) is 0.404. The lowest BCUT2D eigenvalue weighted by Crippen LogP contribution is -2.15. The summed E-state index contributed by atoms with van der Waals surface area (Å²) in [4.78, 5) is 12.3. The molecule has 0 saturated heterocycles. The number of sulfonamides is 1. The number of benzene rings is 3. The lowest BCUT2D eigenvalue weighted by atomic mass is 10.2. The van der Waals surface area contributed by atoms with Gasteiger partial charge in [-0.05, 0) is 60.5 Å². The molecule has 9 heteroatoms. The minimum absolute atomic E-state index is 0.114. The second-order valence-electron chi connectivity index (χ2n) is 6.73. The summed E-state index contributed by atoms with van der Waals surface area (Å²) in [6.07, 6.45) is 0. The molecule has 0 unspecified atom stereocenters. The van der Waals surface area contributed by atoms with Gasteiger partial charge >= 0.3 is 0 Å². The predicted molar refractivity (Wildman–Crippen MR) is 130 cm³/mol. The Kier molecular flexibility index (Phi) is 7.89. The number of rotatable bonds is 8. The molecule has 0 bridgehead atoms. The number of hydrogen-bond donors (Lipinski definition) is 2. The number of hydrogen-bond acceptors (Lipinski definition) is 4. The molecule has 0 aliphatic carbocycles. The summed E-state index contributed by atoms with van der Waals surface area (Å²) in [5, 5.41) is 3.74. The summed E-state index contributed by atoms with van der Waals surface area (Å²) >= 11 is 13.3. The number of halogens is 2. The van der Waals surface area contributed by atoms with Crippen LogP contribution in [-0.4, -0.2) is 20.1 Å². The number of nitrogens with one attached hydrogen (secondary N) is 2. The standard InChI is InChI=1S/C22H20Cl2N2O3S2/c1-15-4-2-3-5-21(15)26-31(28,29)18-9-7-17(8-10-18)25-22(27)14-30-13-16-6-11-19(23)20(24)12-16/h2-12,26H,13-14H2,1H3,(H,25,27). The van der Waals surface area contributed by atoms with Gasteiger partial charge in [0.1, 0.15) is 0 Å². The Bertz CT molecular complexity index is 1180. The zero-order valence-electron chi connectivity index (χ0n) is 16.6. The Balaban J connectivity index is 1.54. The van der Waals surface area contributed by atoms with Crippen LogP contribution in [-0.2, 0) is 20.6 Å². The first-order valence-electron chi connectivity index (χ1n) is 9.24.